The Kier molecular flexibility index (Phi) is 6.16. The molecule has 174 valence electrons. The molecule has 1 atom stereocenters. The summed E-state index contributed by atoms with van der Waals surface area (Å²) in [6.07, 6.45) is 1.66. The van der Waals surface area contributed by atoms with Crippen molar-refractivity contribution in [3.63, 3.8) is 0 Å². The highest BCUT2D eigenvalue weighted by Crippen LogP contribution is 2.37. The smallest absolute Gasteiger partial charge is 0.271 e. The number of nitro groups is 1. The molecule has 0 saturated heterocycles. The average Bonchev–Trinajstić information content (AvgIpc) is 3.12. The molecule has 0 fully saturated rings. The largest absolute Gasteiger partial charge is 0.497 e. The van der Waals surface area contributed by atoms with Crippen molar-refractivity contribution in [3.8, 4) is 11.5 Å². The molecule has 4 rings (SSSR count). The van der Waals surface area contributed by atoms with Gasteiger partial charge in [-0.25, -0.2) is 4.99 Å². The molecule has 10 heteroatoms. The number of hydrogen-bond acceptors (Lipinski definition) is 8. The van der Waals surface area contributed by atoms with Crippen LogP contribution >= 0.6 is 11.3 Å². The Morgan fingerprint density at radius 3 is 2.47 bits per heavy atom. The van der Waals surface area contributed by atoms with E-state index in [0.29, 0.717) is 43.2 Å². The molecule has 2 heterocycles. The van der Waals surface area contributed by atoms with Gasteiger partial charge in [-0.3, -0.25) is 24.3 Å². The number of thiazole rings is 1. The van der Waals surface area contributed by atoms with Gasteiger partial charge in [0.15, 0.2) is 10.6 Å². The van der Waals surface area contributed by atoms with Gasteiger partial charge in [0.2, 0.25) is 0 Å². The number of nitro benzene ring substituents is 1. The van der Waals surface area contributed by atoms with Crippen LogP contribution in [0.15, 0.2) is 63.5 Å². The number of allylic oxidation sites excluding steroid dienone is 2. The predicted molar refractivity (Wildman–Crippen MR) is 127 cm³/mol. The first kappa shape index (κ1) is 23.1. The van der Waals surface area contributed by atoms with E-state index in [0.717, 1.165) is 0 Å². The molecule has 1 aliphatic rings. The fourth-order valence-electron chi connectivity index (χ4n) is 3.95. The lowest BCUT2D eigenvalue weighted by atomic mass is 9.92. The summed E-state index contributed by atoms with van der Waals surface area (Å²) in [5, 5.41) is 10.9. The van der Waals surface area contributed by atoms with Gasteiger partial charge in [-0.1, -0.05) is 11.3 Å². The second-order valence-electron chi connectivity index (χ2n) is 7.59. The number of rotatable bonds is 6. The van der Waals surface area contributed by atoms with Crippen LogP contribution in [0, 0.1) is 10.1 Å². The molecule has 0 amide bonds. The third-order valence-electron chi connectivity index (χ3n) is 5.54. The molecule has 0 aliphatic carbocycles. The molecule has 9 nitrogen and oxygen atoms in total. The van der Waals surface area contributed by atoms with Gasteiger partial charge >= 0.3 is 0 Å². The van der Waals surface area contributed by atoms with Crippen molar-refractivity contribution in [3.05, 3.63) is 94.7 Å². The van der Waals surface area contributed by atoms with Gasteiger partial charge in [0.1, 0.15) is 11.5 Å². The Hall–Kier alpha value is -4.05. The van der Waals surface area contributed by atoms with Crippen LogP contribution in [0.25, 0.3) is 6.08 Å². The molecule has 0 bridgehead atoms. The first-order valence-corrected chi connectivity index (χ1v) is 11.1. The van der Waals surface area contributed by atoms with Gasteiger partial charge in [-0.15, -0.1) is 0 Å². The zero-order valence-electron chi connectivity index (χ0n) is 18.9. The van der Waals surface area contributed by atoms with E-state index >= 15 is 0 Å². The summed E-state index contributed by atoms with van der Waals surface area (Å²) in [4.78, 5) is 41.6. The quantitative estimate of drug-likeness (QED) is 0.397. The summed E-state index contributed by atoms with van der Waals surface area (Å²) in [6.45, 7) is 3.19. The lowest BCUT2D eigenvalue weighted by molar-refractivity contribution is -0.384. The second kappa shape index (κ2) is 9.06. The lowest BCUT2D eigenvalue weighted by Crippen LogP contribution is -2.39. The molecule has 2 aromatic carbocycles. The Morgan fingerprint density at radius 1 is 1.18 bits per heavy atom. The Balaban J connectivity index is 1.95. The molecule has 0 spiro atoms. The number of aromatic nitrogens is 1. The van der Waals surface area contributed by atoms with Crippen molar-refractivity contribution >= 4 is 28.9 Å². The Morgan fingerprint density at radius 2 is 1.88 bits per heavy atom. The topological polar surface area (TPSA) is 113 Å². The first-order valence-electron chi connectivity index (χ1n) is 10.2. The van der Waals surface area contributed by atoms with Crippen molar-refractivity contribution in [2.45, 2.75) is 19.9 Å². The fourth-order valence-corrected chi connectivity index (χ4v) is 5.00. The number of methoxy groups -OCH3 is 2. The van der Waals surface area contributed by atoms with E-state index < -0.39 is 11.0 Å². The van der Waals surface area contributed by atoms with Crippen LogP contribution < -0.4 is 24.4 Å². The number of fused-ring (bicyclic) bond motifs is 1. The summed E-state index contributed by atoms with van der Waals surface area (Å²) >= 11 is 1.19. The number of benzene rings is 2. The maximum atomic E-state index is 13.5. The molecule has 0 radical (unpaired) electrons. The molecular formula is C24H21N3O6S. The van der Waals surface area contributed by atoms with Gasteiger partial charge in [0.25, 0.3) is 11.2 Å². The van der Waals surface area contributed by atoms with Crippen LogP contribution in [-0.2, 0) is 4.79 Å². The van der Waals surface area contributed by atoms with E-state index in [1.165, 1.54) is 42.1 Å². The zero-order chi connectivity index (χ0) is 24.6. The van der Waals surface area contributed by atoms with Crippen molar-refractivity contribution in [2.75, 3.05) is 14.2 Å². The minimum atomic E-state index is -0.728. The summed E-state index contributed by atoms with van der Waals surface area (Å²) in [5.74, 6) is 0.854. The fraction of sp³-hybridized carbons (Fsp3) is 0.208. The van der Waals surface area contributed by atoms with E-state index in [9.17, 15) is 19.7 Å². The number of ether oxygens (including phenoxy) is 2. The van der Waals surface area contributed by atoms with Crippen molar-refractivity contribution in [1.82, 2.24) is 4.57 Å². The number of non-ortho nitro benzene ring substituents is 1. The van der Waals surface area contributed by atoms with Crippen molar-refractivity contribution in [1.29, 1.82) is 0 Å². The molecule has 0 saturated carbocycles. The van der Waals surface area contributed by atoms with E-state index in [1.54, 1.807) is 50.4 Å². The van der Waals surface area contributed by atoms with E-state index in [-0.39, 0.29) is 17.0 Å². The van der Waals surface area contributed by atoms with Gasteiger partial charge in [0, 0.05) is 35.0 Å². The summed E-state index contributed by atoms with van der Waals surface area (Å²) < 4.78 is 12.8. The van der Waals surface area contributed by atoms with Crippen LogP contribution in [0.2, 0.25) is 0 Å². The lowest BCUT2D eigenvalue weighted by Gasteiger charge is -2.26. The van der Waals surface area contributed by atoms with Crippen LogP contribution in [0.5, 0.6) is 11.5 Å². The van der Waals surface area contributed by atoms with Gasteiger partial charge in [-0.2, -0.15) is 0 Å². The molecule has 34 heavy (non-hydrogen) atoms. The minimum absolute atomic E-state index is 0.0352. The maximum Gasteiger partial charge on any atom is 0.271 e. The van der Waals surface area contributed by atoms with Crippen molar-refractivity contribution < 1.29 is 19.2 Å². The minimum Gasteiger partial charge on any atom is -0.497 e. The van der Waals surface area contributed by atoms with E-state index in [2.05, 4.69) is 4.99 Å². The second-order valence-corrected chi connectivity index (χ2v) is 8.60. The normalized spacial score (nSPS) is 15.5. The van der Waals surface area contributed by atoms with Crippen LogP contribution in [0.4, 0.5) is 5.69 Å². The standard InChI is InChI=1S/C24H21N3O6S/c1-13-21(14(2)28)22(18-10-9-17(32-3)12-19(18)33-4)26-23(29)20(34-24(26)25-13)11-15-5-7-16(8-6-15)27(30)31/h5-12,22H,1-4H3/b20-11-/t22-/m1/s1. The molecule has 0 N–H and O–H groups in total. The average molecular weight is 480 g/mol. The highest BCUT2D eigenvalue weighted by atomic mass is 32.1. The highest BCUT2D eigenvalue weighted by Gasteiger charge is 2.32. The maximum absolute atomic E-state index is 13.5. The SMILES string of the molecule is COc1ccc([C@@H]2C(C(C)=O)=C(C)N=c3s/c(=C\c4ccc([N+](=O)[O-])cc4)c(=O)n32)c(OC)c1. The van der Waals surface area contributed by atoms with Gasteiger partial charge in [-0.05, 0) is 49.8 Å². The number of carbonyl (C=O) groups is 1. The van der Waals surface area contributed by atoms with E-state index in [1.807, 2.05) is 0 Å². The predicted octanol–water partition coefficient (Wildman–Crippen LogP) is 2.75. The van der Waals surface area contributed by atoms with Gasteiger partial charge in [0.05, 0.1) is 29.7 Å². The summed E-state index contributed by atoms with van der Waals surface area (Å²) in [6, 6.07) is 10.4. The summed E-state index contributed by atoms with van der Waals surface area (Å²) in [7, 11) is 3.06. The molecular weight excluding hydrogens is 458 g/mol. The van der Waals surface area contributed by atoms with Crippen LogP contribution in [0.1, 0.15) is 31.0 Å². The van der Waals surface area contributed by atoms with Crippen molar-refractivity contribution in [2.24, 2.45) is 4.99 Å². The Labute approximate surface area is 198 Å². The molecule has 3 aromatic rings. The zero-order valence-corrected chi connectivity index (χ0v) is 19.7. The molecule has 1 aliphatic heterocycles. The monoisotopic (exact) mass is 479 g/mol. The van der Waals surface area contributed by atoms with Gasteiger partial charge < -0.3 is 9.47 Å². The summed E-state index contributed by atoms with van der Waals surface area (Å²) in [5.41, 5.74) is 1.84. The molecule has 1 aromatic heterocycles. The number of hydrogen-bond donors (Lipinski definition) is 0. The first-order chi connectivity index (χ1) is 16.2. The number of ketones is 1. The highest BCUT2D eigenvalue weighted by molar-refractivity contribution is 7.07. The number of Topliss-reactive ketones (excluding diaryl/α,β-unsaturated/α-hetero) is 1. The Bertz CT molecular complexity index is 1520. The van der Waals surface area contributed by atoms with Crippen LogP contribution in [-0.4, -0.2) is 29.5 Å². The van der Waals surface area contributed by atoms with Crippen LogP contribution in [0.3, 0.4) is 0 Å². The number of carbonyl (C=O) groups excluding carboxylic acids is 1. The van der Waals surface area contributed by atoms with E-state index in [4.69, 9.17) is 9.47 Å². The third kappa shape index (κ3) is 4.03. The molecule has 0 unspecified atom stereocenters. The third-order valence-corrected chi connectivity index (χ3v) is 6.52. The number of nitrogens with zero attached hydrogens (tertiary/aromatic N) is 3.